The normalized spacial score (nSPS) is 14.6. The highest BCUT2D eigenvalue weighted by atomic mass is 16.7. The molecule has 2 rings (SSSR count). The van der Waals surface area contributed by atoms with Crippen LogP contribution in [0.1, 0.15) is 18.4 Å². The number of rotatable bonds is 3. The fourth-order valence-corrected chi connectivity index (χ4v) is 1.53. The summed E-state index contributed by atoms with van der Waals surface area (Å²) >= 11 is 0. The molecule has 0 heterocycles. The first kappa shape index (κ1) is 12.1. The van der Waals surface area contributed by atoms with Crippen LogP contribution in [0.2, 0.25) is 0 Å². The molecule has 4 heteroatoms. The van der Waals surface area contributed by atoms with Crippen LogP contribution >= 0.6 is 0 Å². The van der Waals surface area contributed by atoms with Crippen LogP contribution in [0.4, 0.5) is 0 Å². The van der Waals surface area contributed by atoms with Crippen molar-refractivity contribution in [3.05, 3.63) is 53.6 Å². The monoisotopic (exact) mass is 243 g/mol. The first-order chi connectivity index (χ1) is 8.75. The predicted octanol–water partition coefficient (Wildman–Crippen LogP) is 2.55. The number of benzene rings is 1. The maximum absolute atomic E-state index is 11.6. The molecule has 0 spiro atoms. The third-order valence-electron chi connectivity index (χ3n) is 2.51. The van der Waals surface area contributed by atoms with E-state index in [9.17, 15) is 4.79 Å². The molecule has 0 aromatic heterocycles. The van der Waals surface area contributed by atoms with E-state index >= 15 is 0 Å². The molecule has 1 N–H and O–H groups in total. The Morgan fingerprint density at radius 2 is 2.11 bits per heavy atom. The number of carbonyl (C=O) groups excluding carboxylic acids is 1. The SMILES string of the molecule is O=C(O/N=C/c1ccc(O)cc1)C1=CC=CCC1. The standard InChI is InChI=1S/C14H13NO3/c16-13-8-6-11(7-9-13)10-15-18-14(17)12-4-2-1-3-5-12/h1-2,4,6-10,16H,3,5H2/b15-10+. The average molecular weight is 243 g/mol. The Morgan fingerprint density at radius 1 is 1.33 bits per heavy atom. The fourth-order valence-electron chi connectivity index (χ4n) is 1.53. The van der Waals surface area contributed by atoms with Crippen LogP contribution in [-0.2, 0) is 9.63 Å². The van der Waals surface area contributed by atoms with Crippen LogP contribution < -0.4 is 0 Å². The van der Waals surface area contributed by atoms with Gasteiger partial charge in [0.25, 0.3) is 0 Å². The van der Waals surface area contributed by atoms with Crippen molar-refractivity contribution in [3.63, 3.8) is 0 Å². The molecular formula is C14H13NO3. The molecule has 1 aliphatic carbocycles. The smallest absolute Gasteiger partial charge is 0.361 e. The fraction of sp³-hybridized carbons (Fsp3) is 0.143. The first-order valence-electron chi connectivity index (χ1n) is 5.65. The minimum atomic E-state index is -0.422. The van der Waals surface area contributed by atoms with E-state index in [1.54, 1.807) is 18.2 Å². The van der Waals surface area contributed by atoms with E-state index in [-0.39, 0.29) is 5.75 Å². The Labute approximate surface area is 105 Å². The Bertz CT molecular complexity index is 512. The van der Waals surface area contributed by atoms with Crippen molar-refractivity contribution in [1.82, 2.24) is 0 Å². The van der Waals surface area contributed by atoms with Gasteiger partial charge in [0.1, 0.15) is 5.75 Å². The van der Waals surface area contributed by atoms with Gasteiger partial charge in [0.05, 0.1) is 6.21 Å². The summed E-state index contributed by atoms with van der Waals surface area (Å²) in [5.74, 6) is -0.238. The Kier molecular flexibility index (Phi) is 3.91. The number of allylic oxidation sites excluding steroid dienone is 3. The van der Waals surface area contributed by atoms with Gasteiger partial charge in [-0.05, 0) is 42.7 Å². The van der Waals surface area contributed by atoms with Crippen molar-refractivity contribution in [2.75, 3.05) is 0 Å². The molecule has 0 bridgehead atoms. The molecule has 1 aromatic carbocycles. The van der Waals surface area contributed by atoms with Gasteiger partial charge in [-0.25, -0.2) is 4.79 Å². The topological polar surface area (TPSA) is 58.9 Å². The second kappa shape index (κ2) is 5.82. The largest absolute Gasteiger partial charge is 0.508 e. The number of phenolic OH excluding ortho intramolecular Hbond substituents is 1. The third-order valence-corrected chi connectivity index (χ3v) is 2.51. The van der Waals surface area contributed by atoms with E-state index in [2.05, 4.69) is 5.16 Å². The lowest BCUT2D eigenvalue weighted by Gasteiger charge is -2.04. The van der Waals surface area contributed by atoms with Gasteiger partial charge >= 0.3 is 5.97 Å². The summed E-state index contributed by atoms with van der Waals surface area (Å²) in [6.07, 6.45) is 8.53. The summed E-state index contributed by atoms with van der Waals surface area (Å²) in [6.45, 7) is 0. The minimum absolute atomic E-state index is 0.184. The van der Waals surface area contributed by atoms with Crippen LogP contribution in [0.25, 0.3) is 0 Å². The van der Waals surface area contributed by atoms with Crippen molar-refractivity contribution in [1.29, 1.82) is 0 Å². The maximum atomic E-state index is 11.6. The molecule has 0 atom stereocenters. The summed E-state index contributed by atoms with van der Waals surface area (Å²) in [6, 6.07) is 6.43. The lowest BCUT2D eigenvalue weighted by Crippen LogP contribution is -2.05. The molecule has 4 nitrogen and oxygen atoms in total. The zero-order chi connectivity index (χ0) is 12.8. The molecule has 0 aliphatic heterocycles. The first-order valence-corrected chi connectivity index (χ1v) is 5.65. The molecule has 0 unspecified atom stereocenters. The van der Waals surface area contributed by atoms with Crippen LogP contribution in [0.5, 0.6) is 5.75 Å². The third kappa shape index (κ3) is 3.31. The number of carbonyl (C=O) groups is 1. The van der Waals surface area contributed by atoms with E-state index in [4.69, 9.17) is 9.94 Å². The quantitative estimate of drug-likeness (QED) is 0.504. The molecule has 0 radical (unpaired) electrons. The van der Waals surface area contributed by atoms with E-state index in [0.717, 1.165) is 12.0 Å². The lowest BCUT2D eigenvalue weighted by atomic mass is 10.1. The van der Waals surface area contributed by atoms with E-state index < -0.39 is 5.97 Å². The van der Waals surface area contributed by atoms with Gasteiger partial charge in [-0.2, -0.15) is 0 Å². The van der Waals surface area contributed by atoms with Gasteiger partial charge in [-0.1, -0.05) is 23.4 Å². The Morgan fingerprint density at radius 3 is 2.78 bits per heavy atom. The molecule has 0 amide bonds. The van der Waals surface area contributed by atoms with E-state index in [1.807, 2.05) is 12.2 Å². The summed E-state index contributed by atoms with van der Waals surface area (Å²) in [4.78, 5) is 16.3. The highest BCUT2D eigenvalue weighted by molar-refractivity contribution is 5.89. The van der Waals surface area contributed by atoms with Gasteiger partial charge in [-0.15, -0.1) is 0 Å². The van der Waals surface area contributed by atoms with E-state index in [1.165, 1.54) is 18.3 Å². The average Bonchev–Trinajstić information content (AvgIpc) is 2.42. The Hall–Kier alpha value is -2.36. The van der Waals surface area contributed by atoms with Crippen molar-refractivity contribution in [2.45, 2.75) is 12.8 Å². The molecule has 18 heavy (non-hydrogen) atoms. The lowest BCUT2D eigenvalue weighted by molar-refractivity contribution is -0.139. The highest BCUT2D eigenvalue weighted by Crippen LogP contribution is 2.13. The van der Waals surface area contributed by atoms with Crippen molar-refractivity contribution < 1.29 is 14.7 Å². The van der Waals surface area contributed by atoms with Crippen LogP contribution in [-0.4, -0.2) is 17.3 Å². The van der Waals surface area contributed by atoms with Gasteiger partial charge in [0.15, 0.2) is 0 Å². The number of hydrogen-bond donors (Lipinski definition) is 1. The van der Waals surface area contributed by atoms with Crippen molar-refractivity contribution in [2.24, 2.45) is 5.16 Å². The number of phenols is 1. The second-order valence-corrected chi connectivity index (χ2v) is 3.86. The Balaban J connectivity index is 1.91. The van der Waals surface area contributed by atoms with Gasteiger partial charge in [-0.3, -0.25) is 0 Å². The number of nitrogens with zero attached hydrogens (tertiary/aromatic N) is 1. The maximum Gasteiger partial charge on any atom is 0.361 e. The number of hydrogen-bond acceptors (Lipinski definition) is 4. The highest BCUT2D eigenvalue weighted by Gasteiger charge is 2.11. The summed E-state index contributed by atoms with van der Waals surface area (Å²) in [5.41, 5.74) is 1.37. The zero-order valence-electron chi connectivity index (χ0n) is 9.74. The second-order valence-electron chi connectivity index (χ2n) is 3.86. The predicted molar refractivity (Wildman–Crippen MR) is 68.2 cm³/mol. The van der Waals surface area contributed by atoms with Gasteiger partial charge in [0.2, 0.25) is 0 Å². The van der Waals surface area contributed by atoms with Crippen LogP contribution in [0.15, 0.2) is 53.2 Å². The van der Waals surface area contributed by atoms with Gasteiger partial charge in [0, 0.05) is 5.57 Å². The molecule has 0 saturated carbocycles. The molecule has 92 valence electrons. The zero-order valence-corrected chi connectivity index (χ0v) is 9.74. The summed E-state index contributed by atoms with van der Waals surface area (Å²) < 4.78 is 0. The molecule has 1 aliphatic rings. The van der Waals surface area contributed by atoms with Crippen LogP contribution in [0, 0.1) is 0 Å². The number of aromatic hydroxyl groups is 1. The minimum Gasteiger partial charge on any atom is -0.508 e. The van der Waals surface area contributed by atoms with Crippen molar-refractivity contribution >= 4 is 12.2 Å². The molecule has 0 saturated heterocycles. The summed E-state index contributed by atoms with van der Waals surface area (Å²) in [5, 5.41) is 12.7. The molecule has 1 aromatic rings. The molecule has 0 fully saturated rings. The summed E-state index contributed by atoms with van der Waals surface area (Å²) in [7, 11) is 0. The van der Waals surface area contributed by atoms with Crippen LogP contribution in [0.3, 0.4) is 0 Å². The molecular weight excluding hydrogens is 230 g/mol. The van der Waals surface area contributed by atoms with Crippen molar-refractivity contribution in [3.8, 4) is 5.75 Å². The van der Waals surface area contributed by atoms with E-state index in [0.29, 0.717) is 12.0 Å². The van der Waals surface area contributed by atoms with Gasteiger partial charge < -0.3 is 9.94 Å². The number of oxime groups is 1.